The minimum absolute atomic E-state index is 0.00565. The fraction of sp³-hybridized carbons (Fsp3) is 0.280. The number of alkyl halides is 2. The van der Waals surface area contributed by atoms with Crippen LogP contribution in [0.15, 0.2) is 55.1 Å². The van der Waals surface area contributed by atoms with Crippen LogP contribution in [0.1, 0.15) is 52.8 Å². The molecule has 0 spiro atoms. The normalized spacial score (nSPS) is 17.8. The zero-order chi connectivity index (χ0) is 26.2. The molecule has 38 heavy (non-hydrogen) atoms. The Balaban J connectivity index is 1.36. The van der Waals surface area contributed by atoms with Crippen molar-refractivity contribution in [2.45, 2.75) is 44.2 Å². The van der Waals surface area contributed by atoms with Gasteiger partial charge in [-0.05, 0) is 37.8 Å². The molecule has 1 aliphatic carbocycles. The standard InChI is InChI=1S/C25H21F3N8OS/c26-17-7-2-1-6-16(17)23-33-18-12-29-21(35-9-8-31-34-35)11-19(18)36(23)15-5-3-4-14(10-15)32-24(37)25-30-13-20(38-25)22(27)28/h1-2,6-9,11-15,22H,3-5,10H2,(H,32,37). The van der Waals surface area contributed by atoms with Crippen molar-refractivity contribution in [1.82, 2.24) is 39.8 Å². The van der Waals surface area contributed by atoms with Crippen LogP contribution in [0.25, 0.3) is 28.2 Å². The van der Waals surface area contributed by atoms with E-state index in [1.165, 1.54) is 10.7 Å². The first-order valence-corrected chi connectivity index (χ1v) is 12.8. The largest absolute Gasteiger partial charge is 0.347 e. The molecule has 0 aliphatic heterocycles. The molecule has 5 aromatic rings. The smallest absolute Gasteiger partial charge is 0.280 e. The van der Waals surface area contributed by atoms with Gasteiger partial charge in [0.05, 0.1) is 34.5 Å². The summed E-state index contributed by atoms with van der Waals surface area (Å²) in [7, 11) is 0. The number of carbonyl (C=O) groups excluding carboxylic acids is 1. The molecule has 4 aromatic heterocycles. The highest BCUT2D eigenvalue weighted by Crippen LogP contribution is 2.37. The average molecular weight is 539 g/mol. The van der Waals surface area contributed by atoms with Gasteiger partial charge in [0.25, 0.3) is 12.3 Å². The number of aromatic nitrogens is 7. The van der Waals surface area contributed by atoms with Crippen LogP contribution in [0.3, 0.4) is 0 Å². The molecule has 6 rings (SSSR count). The first-order valence-electron chi connectivity index (χ1n) is 12.0. The Kier molecular flexibility index (Phi) is 6.35. The van der Waals surface area contributed by atoms with E-state index in [0.29, 0.717) is 40.5 Å². The molecular formula is C25H21F3N8OS. The number of hydrogen-bond acceptors (Lipinski definition) is 7. The molecule has 0 bridgehead atoms. The van der Waals surface area contributed by atoms with Crippen molar-refractivity contribution in [3.63, 3.8) is 0 Å². The molecule has 194 valence electrons. The Morgan fingerprint density at radius 2 is 2.03 bits per heavy atom. The van der Waals surface area contributed by atoms with Crippen molar-refractivity contribution in [3.8, 4) is 17.2 Å². The van der Waals surface area contributed by atoms with E-state index < -0.39 is 18.1 Å². The Morgan fingerprint density at radius 1 is 1.16 bits per heavy atom. The van der Waals surface area contributed by atoms with Gasteiger partial charge in [0.2, 0.25) is 0 Å². The molecule has 4 heterocycles. The van der Waals surface area contributed by atoms with Crippen molar-refractivity contribution in [3.05, 3.63) is 70.8 Å². The topological polar surface area (TPSA) is 103 Å². The lowest BCUT2D eigenvalue weighted by Gasteiger charge is -2.32. The van der Waals surface area contributed by atoms with Crippen LogP contribution in [-0.2, 0) is 0 Å². The number of halogens is 3. The van der Waals surface area contributed by atoms with Crippen LogP contribution in [0.2, 0.25) is 0 Å². The number of benzene rings is 1. The number of nitrogens with one attached hydrogen (secondary N) is 1. The second-order valence-corrected chi connectivity index (χ2v) is 10.1. The van der Waals surface area contributed by atoms with Crippen LogP contribution >= 0.6 is 11.3 Å². The number of fused-ring (bicyclic) bond motifs is 1. The summed E-state index contributed by atoms with van der Waals surface area (Å²) >= 11 is 0.689. The number of thiazole rings is 1. The molecule has 1 amide bonds. The SMILES string of the molecule is O=C(NC1CCCC(n2c(-c3ccccc3F)nc3cnc(-n4ccnn4)cc32)C1)c1ncc(C(F)F)s1. The van der Waals surface area contributed by atoms with Crippen LogP contribution < -0.4 is 5.32 Å². The average Bonchev–Trinajstić information content (AvgIpc) is 3.69. The van der Waals surface area contributed by atoms with Gasteiger partial charge >= 0.3 is 0 Å². The Morgan fingerprint density at radius 3 is 2.79 bits per heavy atom. The summed E-state index contributed by atoms with van der Waals surface area (Å²) in [5.74, 6) is 0.132. The lowest BCUT2D eigenvalue weighted by atomic mass is 9.90. The Hall–Kier alpha value is -4.13. The predicted molar refractivity (Wildman–Crippen MR) is 134 cm³/mol. The van der Waals surface area contributed by atoms with E-state index >= 15 is 0 Å². The summed E-state index contributed by atoms with van der Waals surface area (Å²) in [6.45, 7) is 0. The van der Waals surface area contributed by atoms with Crippen LogP contribution in [0, 0.1) is 5.82 Å². The molecule has 1 saturated carbocycles. The maximum atomic E-state index is 14.9. The first-order chi connectivity index (χ1) is 18.5. The van der Waals surface area contributed by atoms with E-state index in [2.05, 4.69) is 25.6 Å². The van der Waals surface area contributed by atoms with Crippen molar-refractivity contribution < 1.29 is 18.0 Å². The van der Waals surface area contributed by atoms with E-state index in [9.17, 15) is 18.0 Å². The van der Waals surface area contributed by atoms with Crippen LogP contribution in [0.5, 0.6) is 0 Å². The summed E-state index contributed by atoms with van der Waals surface area (Å²) in [4.78, 5) is 25.6. The molecule has 2 unspecified atom stereocenters. The highest BCUT2D eigenvalue weighted by Gasteiger charge is 2.30. The second kappa shape index (κ2) is 9.97. The van der Waals surface area contributed by atoms with E-state index in [0.717, 1.165) is 31.0 Å². The van der Waals surface area contributed by atoms with Gasteiger partial charge in [-0.1, -0.05) is 17.3 Å². The lowest BCUT2D eigenvalue weighted by molar-refractivity contribution is 0.0920. The van der Waals surface area contributed by atoms with E-state index in [1.54, 1.807) is 36.8 Å². The highest BCUT2D eigenvalue weighted by molar-refractivity contribution is 7.13. The number of nitrogens with zero attached hydrogens (tertiary/aromatic N) is 7. The zero-order valence-corrected chi connectivity index (χ0v) is 20.7. The van der Waals surface area contributed by atoms with Crippen LogP contribution in [-0.4, -0.2) is 46.5 Å². The molecule has 1 fully saturated rings. The quantitative estimate of drug-likeness (QED) is 0.322. The van der Waals surface area contributed by atoms with Crippen LogP contribution in [0.4, 0.5) is 13.2 Å². The maximum Gasteiger partial charge on any atom is 0.280 e. The fourth-order valence-electron chi connectivity index (χ4n) is 4.92. The number of imidazole rings is 1. The summed E-state index contributed by atoms with van der Waals surface area (Å²) < 4.78 is 44.4. The third-order valence-electron chi connectivity index (χ3n) is 6.61. The van der Waals surface area contributed by atoms with E-state index in [4.69, 9.17) is 4.98 Å². The number of rotatable bonds is 6. The molecule has 0 radical (unpaired) electrons. The number of pyridine rings is 1. The van der Waals surface area contributed by atoms with Gasteiger partial charge in [0, 0.05) is 24.3 Å². The molecule has 2 atom stereocenters. The summed E-state index contributed by atoms with van der Waals surface area (Å²) in [6, 6.07) is 7.96. The van der Waals surface area contributed by atoms with Crippen molar-refractivity contribution in [2.24, 2.45) is 0 Å². The molecule has 0 saturated heterocycles. The van der Waals surface area contributed by atoms with Gasteiger partial charge in [-0.2, -0.15) is 0 Å². The Bertz CT molecular complexity index is 1600. The summed E-state index contributed by atoms with van der Waals surface area (Å²) in [5, 5.41) is 10.8. The number of carbonyl (C=O) groups is 1. The monoisotopic (exact) mass is 538 g/mol. The molecule has 13 heteroatoms. The maximum absolute atomic E-state index is 14.9. The van der Waals surface area contributed by atoms with Crippen molar-refractivity contribution >= 4 is 28.3 Å². The van der Waals surface area contributed by atoms with Crippen molar-refractivity contribution in [2.75, 3.05) is 0 Å². The number of hydrogen-bond donors (Lipinski definition) is 1. The number of amides is 1. The van der Waals surface area contributed by atoms with Gasteiger partial charge in [-0.15, -0.1) is 16.4 Å². The first kappa shape index (κ1) is 24.2. The molecule has 1 aliphatic rings. The van der Waals surface area contributed by atoms with Gasteiger partial charge < -0.3 is 9.88 Å². The van der Waals surface area contributed by atoms with Gasteiger partial charge in [0.15, 0.2) is 10.8 Å². The van der Waals surface area contributed by atoms with Gasteiger partial charge in [0.1, 0.15) is 17.2 Å². The molecule has 9 nitrogen and oxygen atoms in total. The fourth-order valence-corrected chi connectivity index (χ4v) is 5.59. The van der Waals surface area contributed by atoms with Gasteiger partial charge in [-0.25, -0.2) is 32.8 Å². The molecular weight excluding hydrogens is 517 g/mol. The molecule has 1 aromatic carbocycles. The summed E-state index contributed by atoms with van der Waals surface area (Å²) in [5.41, 5.74) is 1.71. The van der Waals surface area contributed by atoms with Gasteiger partial charge in [-0.3, -0.25) is 4.79 Å². The third-order valence-corrected chi connectivity index (χ3v) is 7.62. The Labute approximate surface area is 218 Å². The minimum Gasteiger partial charge on any atom is -0.347 e. The predicted octanol–water partition coefficient (Wildman–Crippen LogP) is 5.13. The minimum atomic E-state index is -2.67. The second-order valence-electron chi connectivity index (χ2n) is 9.02. The van der Waals surface area contributed by atoms with E-state index in [1.807, 2.05) is 10.6 Å². The van der Waals surface area contributed by atoms with Crippen molar-refractivity contribution in [1.29, 1.82) is 0 Å². The highest BCUT2D eigenvalue weighted by atomic mass is 32.1. The third kappa shape index (κ3) is 4.53. The zero-order valence-electron chi connectivity index (χ0n) is 19.8. The van der Waals surface area contributed by atoms with E-state index in [-0.39, 0.29) is 22.0 Å². The molecule has 1 N–H and O–H groups in total. The summed E-state index contributed by atoms with van der Waals surface area (Å²) in [6.07, 6.45) is 6.07. The lowest BCUT2D eigenvalue weighted by Crippen LogP contribution is -2.39.